The first-order valence-electron chi connectivity index (χ1n) is 7.25. The maximum absolute atomic E-state index is 13.1. The molecule has 0 bridgehead atoms. The van der Waals surface area contributed by atoms with Gasteiger partial charge in [0.2, 0.25) is 0 Å². The number of benzene rings is 1. The molecule has 10 heteroatoms. The average Bonchev–Trinajstić information content (AvgIpc) is 2.45. The van der Waals surface area contributed by atoms with Crippen LogP contribution in [0.2, 0.25) is 0 Å². The van der Waals surface area contributed by atoms with Crippen LogP contribution in [-0.2, 0) is 22.6 Å². The summed E-state index contributed by atoms with van der Waals surface area (Å²) in [5, 5.41) is 10.6. The van der Waals surface area contributed by atoms with Crippen LogP contribution in [-0.4, -0.2) is 42.8 Å². The van der Waals surface area contributed by atoms with Crippen LogP contribution in [0.5, 0.6) is 0 Å². The Hall–Kier alpha value is -1.68. The Morgan fingerprint density at radius 1 is 1.29 bits per heavy atom. The molecule has 0 aromatic heterocycles. The van der Waals surface area contributed by atoms with Crippen molar-refractivity contribution in [3.05, 3.63) is 39.4 Å². The SMILES string of the molecule is CS(=O)(=O)C1CCN(Cc2c([N+](=O)[O-])cccc2C(F)(F)F)CC1. The zero-order valence-electron chi connectivity index (χ0n) is 12.9. The van der Waals surface area contributed by atoms with E-state index < -0.39 is 37.4 Å². The molecular weight excluding hydrogens is 349 g/mol. The number of halogens is 3. The fraction of sp³-hybridized carbons (Fsp3) is 0.571. The van der Waals surface area contributed by atoms with E-state index in [2.05, 4.69) is 0 Å². The molecular formula is C14H17F3N2O4S. The summed E-state index contributed by atoms with van der Waals surface area (Å²) < 4.78 is 62.5. The zero-order chi connectivity index (χ0) is 18.1. The summed E-state index contributed by atoms with van der Waals surface area (Å²) in [6.07, 6.45) is -2.94. The van der Waals surface area contributed by atoms with E-state index in [1.54, 1.807) is 4.90 Å². The number of alkyl halides is 3. The Balaban J connectivity index is 2.25. The van der Waals surface area contributed by atoms with Crippen LogP contribution in [0.15, 0.2) is 18.2 Å². The highest BCUT2D eigenvalue weighted by Gasteiger charge is 2.37. The van der Waals surface area contributed by atoms with Gasteiger partial charge in [-0.1, -0.05) is 6.07 Å². The second-order valence-electron chi connectivity index (χ2n) is 5.86. The topological polar surface area (TPSA) is 80.5 Å². The number of hydrogen-bond donors (Lipinski definition) is 0. The Morgan fingerprint density at radius 3 is 2.33 bits per heavy atom. The molecule has 0 N–H and O–H groups in total. The van der Waals surface area contributed by atoms with Crippen molar-refractivity contribution in [3.63, 3.8) is 0 Å². The van der Waals surface area contributed by atoms with Gasteiger partial charge < -0.3 is 0 Å². The number of hydrogen-bond acceptors (Lipinski definition) is 5. The van der Waals surface area contributed by atoms with Gasteiger partial charge in [0.1, 0.15) is 9.84 Å². The number of likely N-dealkylation sites (tertiary alicyclic amines) is 1. The normalized spacial score (nSPS) is 17.8. The molecule has 1 aliphatic heterocycles. The van der Waals surface area contributed by atoms with Crippen molar-refractivity contribution in [1.82, 2.24) is 4.90 Å². The van der Waals surface area contributed by atoms with Crippen molar-refractivity contribution in [1.29, 1.82) is 0 Å². The molecule has 0 amide bonds. The molecule has 1 fully saturated rings. The molecule has 0 aliphatic carbocycles. The van der Waals surface area contributed by atoms with Gasteiger partial charge in [-0.3, -0.25) is 15.0 Å². The summed E-state index contributed by atoms with van der Waals surface area (Å²) in [4.78, 5) is 11.9. The lowest BCUT2D eigenvalue weighted by molar-refractivity contribution is -0.386. The van der Waals surface area contributed by atoms with Crippen LogP contribution in [0.4, 0.5) is 18.9 Å². The molecule has 0 spiro atoms. The summed E-state index contributed by atoms with van der Waals surface area (Å²) in [5.41, 5.74) is -1.98. The van der Waals surface area contributed by atoms with Crippen molar-refractivity contribution < 1.29 is 26.5 Å². The minimum Gasteiger partial charge on any atom is -0.299 e. The van der Waals surface area contributed by atoms with E-state index in [1.807, 2.05) is 0 Å². The molecule has 0 radical (unpaired) electrons. The van der Waals surface area contributed by atoms with Crippen LogP contribution in [0.1, 0.15) is 24.0 Å². The van der Waals surface area contributed by atoms with Crippen LogP contribution in [0, 0.1) is 10.1 Å². The van der Waals surface area contributed by atoms with Crippen molar-refractivity contribution in [3.8, 4) is 0 Å². The maximum atomic E-state index is 13.1. The van der Waals surface area contributed by atoms with Gasteiger partial charge in [-0.05, 0) is 32.0 Å². The van der Waals surface area contributed by atoms with Crippen molar-refractivity contribution >= 4 is 15.5 Å². The molecule has 1 aliphatic rings. The minimum atomic E-state index is -4.69. The fourth-order valence-electron chi connectivity index (χ4n) is 2.90. The van der Waals surface area contributed by atoms with E-state index in [0.29, 0.717) is 12.8 Å². The number of nitrogens with zero attached hydrogens (tertiary/aromatic N) is 2. The largest absolute Gasteiger partial charge is 0.416 e. The fourth-order valence-corrected chi connectivity index (χ4v) is 3.96. The smallest absolute Gasteiger partial charge is 0.299 e. The van der Waals surface area contributed by atoms with E-state index in [-0.39, 0.29) is 25.2 Å². The third kappa shape index (κ3) is 4.23. The summed E-state index contributed by atoms with van der Waals surface area (Å²) in [6, 6.07) is 2.89. The molecule has 0 saturated carbocycles. The van der Waals surface area contributed by atoms with Gasteiger partial charge >= 0.3 is 6.18 Å². The van der Waals surface area contributed by atoms with Crippen LogP contribution >= 0.6 is 0 Å². The van der Waals surface area contributed by atoms with Crippen molar-refractivity contribution in [2.24, 2.45) is 0 Å². The highest BCUT2D eigenvalue weighted by molar-refractivity contribution is 7.91. The summed E-state index contributed by atoms with van der Waals surface area (Å²) in [6.45, 7) is 0.324. The average molecular weight is 366 g/mol. The minimum absolute atomic E-state index is 0.234. The van der Waals surface area contributed by atoms with E-state index in [9.17, 15) is 31.7 Å². The summed E-state index contributed by atoms with van der Waals surface area (Å²) >= 11 is 0. The first kappa shape index (κ1) is 18.7. The third-order valence-corrected chi connectivity index (χ3v) is 5.86. The van der Waals surface area contributed by atoms with Crippen molar-refractivity contribution in [2.45, 2.75) is 30.8 Å². The van der Waals surface area contributed by atoms with Crippen molar-refractivity contribution in [2.75, 3.05) is 19.3 Å². The lowest BCUT2D eigenvalue weighted by atomic mass is 10.0. The van der Waals surface area contributed by atoms with Crippen LogP contribution in [0.25, 0.3) is 0 Å². The van der Waals surface area contributed by atoms with Crippen LogP contribution < -0.4 is 0 Å². The molecule has 1 aromatic carbocycles. The number of nitro groups is 1. The second-order valence-corrected chi connectivity index (χ2v) is 8.19. The zero-order valence-corrected chi connectivity index (χ0v) is 13.7. The predicted octanol–water partition coefficient (Wildman–Crippen LogP) is 2.62. The quantitative estimate of drug-likeness (QED) is 0.604. The van der Waals surface area contributed by atoms with Gasteiger partial charge in [0.25, 0.3) is 5.69 Å². The van der Waals surface area contributed by atoms with Gasteiger partial charge in [0.05, 0.1) is 21.3 Å². The van der Waals surface area contributed by atoms with Gasteiger partial charge in [0.15, 0.2) is 0 Å². The summed E-state index contributed by atoms with van der Waals surface area (Å²) in [5.74, 6) is 0. The highest BCUT2D eigenvalue weighted by Crippen LogP contribution is 2.37. The number of nitro benzene ring substituents is 1. The van der Waals surface area contributed by atoms with E-state index in [0.717, 1.165) is 24.5 Å². The Labute approximate surface area is 137 Å². The highest BCUT2D eigenvalue weighted by atomic mass is 32.2. The molecule has 24 heavy (non-hydrogen) atoms. The third-order valence-electron chi connectivity index (χ3n) is 4.18. The molecule has 1 saturated heterocycles. The van der Waals surface area contributed by atoms with Gasteiger partial charge in [-0.2, -0.15) is 13.2 Å². The van der Waals surface area contributed by atoms with Gasteiger partial charge in [0, 0.05) is 18.9 Å². The lowest BCUT2D eigenvalue weighted by Crippen LogP contribution is -2.39. The van der Waals surface area contributed by atoms with E-state index in [4.69, 9.17) is 0 Å². The van der Waals surface area contributed by atoms with E-state index in [1.165, 1.54) is 0 Å². The molecule has 1 heterocycles. The molecule has 1 aromatic rings. The lowest BCUT2D eigenvalue weighted by Gasteiger charge is -2.31. The Morgan fingerprint density at radius 2 is 1.88 bits per heavy atom. The number of piperidine rings is 1. The maximum Gasteiger partial charge on any atom is 0.416 e. The first-order chi connectivity index (χ1) is 11.0. The number of rotatable bonds is 4. The number of sulfone groups is 1. The monoisotopic (exact) mass is 366 g/mol. The van der Waals surface area contributed by atoms with Gasteiger partial charge in [-0.25, -0.2) is 8.42 Å². The molecule has 0 atom stereocenters. The molecule has 134 valence electrons. The Kier molecular flexibility index (Phi) is 5.19. The van der Waals surface area contributed by atoms with E-state index >= 15 is 0 Å². The second kappa shape index (κ2) is 6.67. The Bertz CT molecular complexity index is 726. The molecule has 2 rings (SSSR count). The molecule has 6 nitrogen and oxygen atoms in total. The predicted molar refractivity (Wildman–Crippen MR) is 81.2 cm³/mol. The van der Waals surface area contributed by atoms with Gasteiger partial charge in [-0.15, -0.1) is 0 Å². The molecule has 0 unspecified atom stereocenters. The standard InChI is InChI=1S/C14H17F3N2O4S/c1-24(22,23)10-5-7-18(8-6-10)9-11-12(14(15,16)17)3-2-4-13(11)19(20)21/h2-4,10H,5-9H2,1H3. The summed E-state index contributed by atoms with van der Waals surface area (Å²) in [7, 11) is -3.19. The first-order valence-corrected chi connectivity index (χ1v) is 9.20. The van der Waals surface area contributed by atoms with Crippen LogP contribution in [0.3, 0.4) is 0 Å².